The summed E-state index contributed by atoms with van der Waals surface area (Å²) >= 11 is 0. The molecule has 0 spiro atoms. The summed E-state index contributed by atoms with van der Waals surface area (Å²) in [4.78, 5) is 0. The summed E-state index contributed by atoms with van der Waals surface area (Å²) in [6.45, 7) is 3.21. The van der Waals surface area contributed by atoms with Gasteiger partial charge in [-0.05, 0) is 32.1 Å². The smallest absolute Gasteiger partial charge is 0.111 e. The third kappa shape index (κ3) is 15.1. The van der Waals surface area contributed by atoms with Gasteiger partial charge in [-0.15, -0.1) is 0 Å². The molecule has 31 heavy (non-hydrogen) atoms. The highest BCUT2D eigenvalue weighted by molar-refractivity contribution is 4.86. The number of aliphatic hydroxyl groups is 3. The van der Waals surface area contributed by atoms with Crippen molar-refractivity contribution in [2.24, 2.45) is 0 Å². The van der Waals surface area contributed by atoms with Gasteiger partial charge in [-0.1, -0.05) is 89.7 Å². The summed E-state index contributed by atoms with van der Waals surface area (Å²) in [5.41, 5.74) is 0. The number of aliphatic hydroxyl groups excluding tert-OH is 3. The molecule has 0 bridgehead atoms. The molecule has 4 atom stereocenters. The Morgan fingerprint density at radius 2 is 1.23 bits per heavy atom. The van der Waals surface area contributed by atoms with E-state index in [4.69, 9.17) is 9.47 Å². The third-order valence-electron chi connectivity index (χ3n) is 6.19. The minimum absolute atomic E-state index is 0.0406. The molecule has 0 aromatic rings. The van der Waals surface area contributed by atoms with E-state index in [-0.39, 0.29) is 13.2 Å². The van der Waals surface area contributed by atoms with Gasteiger partial charge in [0, 0.05) is 6.61 Å². The van der Waals surface area contributed by atoms with Crippen LogP contribution < -0.4 is 0 Å². The average molecular weight is 443 g/mol. The van der Waals surface area contributed by atoms with Crippen LogP contribution in [0.1, 0.15) is 110 Å². The zero-order valence-electron chi connectivity index (χ0n) is 20.1. The summed E-state index contributed by atoms with van der Waals surface area (Å²) in [6, 6.07) is 0. The summed E-state index contributed by atoms with van der Waals surface area (Å²) < 4.78 is 10.9. The fourth-order valence-electron chi connectivity index (χ4n) is 4.02. The van der Waals surface area contributed by atoms with Crippen LogP contribution in [0.5, 0.6) is 0 Å². The Morgan fingerprint density at radius 3 is 1.81 bits per heavy atom. The first-order valence-electron chi connectivity index (χ1n) is 13.0. The lowest BCUT2D eigenvalue weighted by molar-refractivity contribution is -0.199. The lowest BCUT2D eigenvalue weighted by Gasteiger charge is -2.35. The van der Waals surface area contributed by atoms with Crippen LogP contribution in [0.3, 0.4) is 0 Å². The highest BCUT2D eigenvalue weighted by atomic mass is 16.6. The minimum Gasteiger partial charge on any atom is -0.388 e. The first kappa shape index (κ1) is 28.6. The normalized spacial score (nSPS) is 24.3. The van der Waals surface area contributed by atoms with Crippen molar-refractivity contribution in [3.8, 4) is 0 Å². The molecule has 0 aromatic carbocycles. The molecule has 1 rings (SSSR count). The molecular weight excluding hydrogens is 392 g/mol. The molecular formula is C26H50O5. The maximum absolute atomic E-state index is 9.85. The van der Waals surface area contributed by atoms with E-state index in [1.54, 1.807) is 0 Å². The number of ether oxygens (including phenoxy) is 2. The molecule has 1 aliphatic rings. The van der Waals surface area contributed by atoms with Gasteiger partial charge in [-0.2, -0.15) is 0 Å². The Labute approximate surface area is 191 Å². The van der Waals surface area contributed by atoms with Gasteiger partial charge in [0.25, 0.3) is 0 Å². The Kier molecular flexibility index (Phi) is 18.6. The van der Waals surface area contributed by atoms with Crippen LogP contribution in [0.4, 0.5) is 0 Å². The average Bonchev–Trinajstić information content (AvgIpc) is 2.77. The fourth-order valence-corrected chi connectivity index (χ4v) is 4.02. The molecule has 184 valence electrons. The van der Waals surface area contributed by atoms with E-state index in [0.717, 1.165) is 12.8 Å². The van der Waals surface area contributed by atoms with E-state index in [1.807, 2.05) is 0 Å². The van der Waals surface area contributed by atoms with E-state index in [0.29, 0.717) is 6.61 Å². The van der Waals surface area contributed by atoms with Gasteiger partial charge in [-0.3, -0.25) is 0 Å². The molecule has 0 amide bonds. The molecule has 1 aliphatic heterocycles. The Hall–Kier alpha value is -0.460. The predicted octanol–water partition coefficient (Wildman–Crippen LogP) is 5.30. The summed E-state index contributed by atoms with van der Waals surface area (Å²) in [5.74, 6) is 0. The zero-order valence-corrected chi connectivity index (χ0v) is 20.1. The van der Waals surface area contributed by atoms with Crippen LogP contribution >= 0.6 is 0 Å². The molecule has 0 unspecified atom stereocenters. The third-order valence-corrected chi connectivity index (χ3v) is 6.19. The summed E-state index contributed by atoms with van der Waals surface area (Å²) in [7, 11) is 0. The number of allylic oxidation sites excluding steroid dienone is 2. The number of hydrogen-bond acceptors (Lipinski definition) is 5. The summed E-state index contributed by atoms with van der Waals surface area (Å²) in [6.07, 6.45) is 21.8. The van der Waals surface area contributed by atoms with E-state index in [1.165, 1.54) is 89.9 Å². The number of unbranched alkanes of at least 4 members (excludes halogenated alkanes) is 14. The molecule has 3 N–H and O–H groups in total. The molecule has 0 saturated carbocycles. The molecule has 1 fully saturated rings. The lowest BCUT2D eigenvalue weighted by atomic mass is 10.0. The molecule has 0 aromatic heterocycles. The van der Waals surface area contributed by atoms with Gasteiger partial charge in [0.05, 0.1) is 13.2 Å². The van der Waals surface area contributed by atoms with Gasteiger partial charge in [0.2, 0.25) is 0 Å². The van der Waals surface area contributed by atoms with E-state index in [9.17, 15) is 15.3 Å². The Morgan fingerprint density at radius 1 is 0.710 bits per heavy atom. The minimum atomic E-state index is -1.15. The van der Waals surface area contributed by atoms with Crippen molar-refractivity contribution in [2.45, 2.75) is 134 Å². The van der Waals surface area contributed by atoms with Gasteiger partial charge in [-0.25, -0.2) is 0 Å². The standard InChI is InChI=1S/C26H50O5/c1-2-3-4-5-6-7-8-9-10-11-12-13-14-15-16-17-18-19-20-30-22-24-26(29)25(28)23(27)21-31-24/h13-14,23-29H,2-12,15-22H2,1H3/b14-13+/t23-,24+,25+,26+/m0/s1. The molecule has 0 radical (unpaired) electrons. The first-order chi connectivity index (χ1) is 15.2. The van der Waals surface area contributed by atoms with Gasteiger partial charge >= 0.3 is 0 Å². The Balaban J connectivity index is 1.78. The quantitative estimate of drug-likeness (QED) is 0.176. The van der Waals surface area contributed by atoms with Crippen LogP contribution in [-0.2, 0) is 9.47 Å². The van der Waals surface area contributed by atoms with Gasteiger partial charge < -0.3 is 24.8 Å². The van der Waals surface area contributed by atoms with Crippen LogP contribution in [0, 0.1) is 0 Å². The Bertz CT molecular complexity index is 415. The lowest BCUT2D eigenvalue weighted by Crippen LogP contribution is -2.54. The summed E-state index contributed by atoms with van der Waals surface area (Å²) in [5, 5.41) is 28.9. The molecule has 1 saturated heterocycles. The van der Waals surface area contributed by atoms with Crippen molar-refractivity contribution in [3.05, 3.63) is 12.2 Å². The highest BCUT2D eigenvalue weighted by Crippen LogP contribution is 2.16. The predicted molar refractivity (Wildman–Crippen MR) is 127 cm³/mol. The number of rotatable bonds is 20. The van der Waals surface area contributed by atoms with Crippen LogP contribution in [0.2, 0.25) is 0 Å². The maximum Gasteiger partial charge on any atom is 0.111 e. The van der Waals surface area contributed by atoms with Crippen molar-refractivity contribution in [3.63, 3.8) is 0 Å². The SMILES string of the molecule is CCCCCCCCCCCC/C=C/CCCCCCOC[C@H]1OC[C@H](O)[C@@H](O)[C@@H]1O. The van der Waals surface area contributed by atoms with E-state index >= 15 is 0 Å². The fraction of sp³-hybridized carbons (Fsp3) is 0.923. The molecule has 0 aliphatic carbocycles. The molecule has 5 nitrogen and oxygen atoms in total. The van der Waals surface area contributed by atoms with Gasteiger partial charge in [0.1, 0.15) is 24.4 Å². The number of hydrogen-bond donors (Lipinski definition) is 3. The maximum atomic E-state index is 9.85. The largest absolute Gasteiger partial charge is 0.388 e. The van der Waals surface area contributed by atoms with Crippen LogP contribution in [-0.4, -0.2) is 59.6 Å². The monoisotopic (exact) mass is 442 g/mol. The van der Waals surface area contributed by atoms with Crippen LogP contribution in [0.15, 0.2) is 12.2 Å². The molecule has 1 heterocycles. The zero-order chi connectivity index (χ0) is 22.6. The van der Waals surface area contributed by atoms with Crippen molar-refractivity contribution in [1.29, 1.82) is 0 Å². The topological polar surface area (TPSA) is 79.2 Å². The second kappa shape index (κ2) is 20.2. The highest BCUT2D eigenvalue weighted by Gasteiger charge is 2.37. The van der Waals surface area contributed by atoms with Crippen molar-refractivity contribution >= 4 is 0 Å². The van der Waals surface area contributed by atoms with Gasteiger partial charge in [0.15, 0.2) is 0 Å². The van der Waals surface area contributed by atoms with E-state index < -0.39 is 24.4 Å². The van der Waals surface area contributed by atoms with Crippen molar-refractivity contribution in [2.75, 3.05) is 19.8 Å². The second-order valence-corrected chi connectivity index (χ2v) is 9.14. The second-order valence-electron chi connectivity index (χ2n) is 9.14. The first-order valence-corrected chi connectivity index (χ1v) is 13.0. The van der Waals surface area contributed by atoms with Crippen molar-refractivity contribution in [1.82, 2.24) is 0 Å². The van der Waals surface area contributed by atoms with Crippen LogP contribution in [0.25, 0.3) is 0 Å². The van der Waals surface area contributed by atoms with Crippen molar-refractivity contribution < 1.29 is 24.8 Å². The van der Waals surface area contributed by atoms with E-state index in [2.05, 4.69) is 19.1 Å². The molecule has 5 heteroatoms.